The van der Waals surface area contributed by atoms with Gasteiger partial charge in [0.25, 0.3) is 11.8 Å². The summed E-state index contributed by atoms with van der Waals surface area (Å²) in [5.41, 5.74) is 2.42. The minimum Gasteiger partial charge on any atom is -0.496 e. The fourth-order valence-corrected chi connectivity index (χ4v) is 2.81. The molecule has 1 aliphatic rings. The maximum Gasteiger partial charge on any atom is 0.268 e. The summed E-state index contributed by atoms with van der Waals surface area (Å²) in [6.45, 7) is 4.02. The van der Waals surface area contributed by atoms with Crippen LogP contribution in [-0.4, -0.2) is 30.7 Å². The zero-order chi connectivity index (χ0) is 20.1. The van der Waals surface area contributed by atoms with Gasteiger partial charge < -0.3 is 20.2 Å². The van der Waals surface area contributed by atoms with E-state index >= 15 is 0 Å². The zero-order valence-corrected chi connectivity index (χ0v) is 16.1. The number of nitrogens with zero attached hydrogens (tertiary/aromatic N) is 1. The molecule has 0 aromatic heterocycles. The summed E-state index contributed by atoms with van der Waals surface area (Å²) in [7, 11) is 1.52. The standard InChI is InChI=1S/C21H23N3O4/c1-13(2)17-12-19(28-24-17)21(26)23-15-8-6-7-14(11-15)22-20(25)16-9-4-5-10-18(16)27-3/h4-11,13,19H,12H2,1-3H3,(H,22,25)(H,23,26)/t19-/m0/s1. The molecule has 7 heteroatoms. The highest BCUT2D eigenvalue weighted by Gasteiger charge is 2.29. The second-order valence-corrected chi connectivity index (χ2v) is 6.76. The van der Waals surface area contributed by atoms with Crippen molar-refractivity contribution in [1.82, 2.24) is 0 Å². The van der Waals surface area contributed by atoms with Gasteiger partial charge in [-0.25, -0.2) is 0 Å². The first kappa shape index (κ1) is 19.4. The molecule has 0 aliphatic carbocycles. The van der Waals surface area contributed by atoms with Gasteiger partial charge in [0.05, 0.1) is 18.4 Å². The van der Waals surface area contributed by atoms with E-state index in [1.807, 2.05) is 13.8 Å². The second kappa shape index (κ2) is 8.56. The molecule has 2 N–H and O–H groups in total. The molecule has 1 atom stereocenters. The number of ether oxygens (including phenoxy) is 1. The minimum absolute atomic E-state index is 0.242. The number of amides is 2. The number of hydrogen-bond donors (Lipinski definition) is 2. The molecular weight excluding hydrogens is 358 g/mol. The van der Waals surface area contributed by atoms with Crippen LogP contribution >= 0.6 is 0 Å². The predicted octanol–water partition coefficient (Wildman–Crippen LogP) is 3.69. The normalized spacial score (nSPS) is 15.6. The smallest absolute Gasteiger partial charge is 0.268 e. The second-order valence-electron chi connectivity index (χ2n) is 6.76. The number of nitrogens with one attached hydrogen (secondary N) is 2. The van der Waals surface area contributed by atoms with E-state index in [1.54, 1.807) is 48.5 Å². The Bertz CT molecular complexity index is 908. The SMILES string of the molecule is COc1ccccc1C(=O)Nc1cccc(NC(=O)[C@@H]2CC(C(C)C)=NO2)c1. The molecule has 0 radical (unpaired) electrons. The Morgan fingerprint density at radius 3 is 2.50 bits per heavy atom. The first-order valence-corrected chi connectivity index (χ1v) is 9.06. The lowest BCUT2D eigenvalue weighted by molar-refractivity contribution is -0.125. The summed E-state index contributed by atoms with van der Waals surface area (Å²) in [6, 6.07) is 13.9. The monoisotopic (exact) mass is 381 g/mol. The van der Waals surface area contributed by atoms with Crippen LogP contribution in [0.2, 0.25) is 0 Å². The van der Waals surface area contributed by atoms with Crippen molar-refractivity contribution in [2.45, 2.75) is 26.4 Å². The number of para-hydroxylation sites is 1. The molecule has 146 valence electrons. The van der Waals surface area contributed by atoms with Crippen molar-refractivity contribution < 1.29 is 19.2 Å². The molecule has 0 spiro atoms. The van der Waals surface area contributed by atoms with Crippen molar-refractivity contribution in [2.24, 2.45) is 11.1 Å². The number of hydrogen-bond acceptors (Lipinski definition) is 5. The van der Waals surface area contributed by atoms with Crippen LogP contribution < -0.4 is 15.4 Å². The summed E-state index contributed by atoms with van der Waals surface area (Å²) in [5.74, 6) is 0.165. The number of methoxy groups -OCH3 is 1. The Labute approximate surface area is 163 Å². The van der Waals surface area contributed by atoms with Crippen molar-refractivity contribution in [1.29, 1.82) is 0 Å². The maximum atomic E-state index is 12.5. The van der Waals surface area contributed by atoms with E-state index in [1.165, 1.54) is 7.11 Å². The van der Waals surface area contributed by atoms with Gasteiger partial charge >= 0.3 is 0 Å². The van der Waals surface area contributed by atoms with Crippen molar-refractivity contribution in [3.63, 3.8) is 0 Å². The Morgan fingerprint density at radius 2 is 1.82 bits per heavy atom. The van der Waals surface area contributed by atoms with E-state index in [4.69, 9.17) is 9.57 Å². The van der Waals surface area contributed by atoms with Gasteiger partial charge in [-0.05, 0) is 36.2 Å². The number of carbonyl (C=O) groups excluding carboxylic acids is 2. The molecule has 0 saturated carbocycles. The van der Waals surface area contributed by atoms with Crippen LogP contribution in [0.4, 0.5) is 11.4 Å². The van der Waals surface area contributed by atoms with Crippen LogP contribution in [0.1, 0.15) is 30.6 Å². The van der Waals surface area contributed by atoms with E-state index in [0.717, 1.165) is 5.71 Å². The van der Waals surface area contributed by atoms with E-state index in [0.29, 0.717) is 29.1 Å². The molecule has 3 rings (SSSR count). The van der Waals surface area contributed by atoms with E-state index < -0.39 is 6.10 Å². The third-order valence-electron chi connectivity index (χ3n) is 4.39. The van der Waals surface area contributed by atoms with Crippen LogP contribution in [0.3, 0.4) is 0 Å². The number of carbonyl (C=O) groups is 2. The lowest BCUT2D eigenvalue weighted by atomic mass is 10.0. The number of rotatable bonds is 6. The number of benzene rings is 2. The molecule has 28 heavy (non-hydrogen) atoms. The quantitative estimate of drug-likeness (QED) is 0.799. The van der Waals surface area contributed by atoms with Crippen LogP contribution in [-0.2, 0) is 9.63 Å². The Morgan fingerprint density at radius 1 is 1.11 bits per heavy atom. The summed E-state index contributed by atoms with van der Waals surface area (Å²) in [5, 5.41) is 9.59. The van der Waals surface area contributed by atoms with Crippen molar-refractivity contribution in [3.8, 4) is 5.75 Å². The van der Waals surface area contributed by atoms with E-state index in [-0.39, 0.29) is 17.7 Å². The molecule has 1 heterocycles. The first-order valence-electron chi connectivity index (χ1n) is 9.06. The van der Waals surface area contributed by atoms with Gasteiger partial charge in [-0.2, -0.15) is 0 Å². The molecular formula is C21H23N3O4. The van der Waals surface area contributed by atoms with Crippen LogP contribution in [0, 0.1) is 5.92 Å². The highest BCUT2D eigenvalue weighted by molar-refractivity contribution is 6.06. The minimum atomic E-state index is -0.635. The summed E-state index contributed by atoms with van der Waals surface area (Å²) in [4.78, 5) is 30.2. The van der Waals surface area contributed by atoms with Gasteiger partial charge in [0.15, 0.2) is 0 Å². The van der Waals surface area contributed by atoms with Gasteiger partial charge in [-0.1, -0.05) is 37.2 Å². The number of oxime groups is 1. The third kappa shape index (κ3) is 4.49. The molecule has 2 amide bonds. The summed E-state index contributed by atoms with van der Waals surface area (Å²) in [6.07, 6.45) is -0.155. The lowest BCUT2D eigenvalue weighted by Gasteiger charge is -2.12. The molecule has 0 bridgehead atoms. The highest BCUT2D eigenvalue weighted by Crippen LogP contribution is 2.22. The summed E-state index contributed by atoms with van der Waals surface area (Å²) < 4.78 is 5.22. The lowest BCUT2D eigenvalue weighted by Crippen LogP contribution is -2.28. The van der Waals surface area contributed by atoms with Crippen molar-refractivity contribution >= 4 is 28.9 Å². The molecule has 2 aromatic rings. The highest BCUT2D eigenvalue weighted by atomic mass is 16.6. The molecule has 1 aliphatic heterocycles. The van der Waals surface area contributed by atoms with Crippen LogP contribution in [0.25, 0.3) is 0 Å². The largest absolute Gasteiger partial charge is 0.496 e. The van der Waals surface area contributed by atoms with Gasteiger partial charge in [-0.15, -0.1) is 0 Å². The average Bonchev–Trinajstić information content (AvgIpc) is 3.19. The predicted molar refractivity (Wildman–Crippen MR) is 108 cm³/mol. The van der Waals surface area contributed by atoms with Crippen LogP contribution in [0.15, 0.2) is 53.7 Å². The molecule has 0 unspecified atom stereocenters. The molecule has 0 saturated heterocycles. The van der Waals surface area contributed by atoms with Crippen LogP contribution in [0.5, 0.6) is 5.75 Å². The van der Waals surface area contributed by atoms with Gasteiger partial charge in [0.1, 0.15) is 5.75 Å². The van der Waals surface area contributed by atoms with Crippen molar-refractivity contribution in [3.05, 3.63) is 54.1 Å². The first-order chi connectivity index (χ1) is 13.5. The van der Waals surface area contributed by atoms with E-state index in [2.05, 4.69) is 15.8 Å². The van der Waals surface area contributed by atoms with Gasteiger partial charge in [0, 0.05) is 17.8 Å². The fourth-order valence-electron chi connectivity index (χ4n) is 2.81. The maximum absolute atomic E-state index is 12.5. The fraction of sp³-hybridized carbons (Fsp3) is 0.286. The Hall–Kier alpha value is -3.35. The van der Waals surface area contributed by atoms with Crippen molar-refractivity contribution in [2.75, 3.05) is 17.7 Å². The molecule has 0 fully saturated rings. The zero-order valence-electron chi connectivity index (χ0n) is 16.1. The average molecular weight is 381 g/mol. The Kier molecular flexibility index (Phi) is 5.93. The third-order valence-corrected chi connectivity index (χ3v) is 4.39. The topological polar surface area (TPSA) is 89.0 Å². The van der Waals surface area contributed by atoms with Gasteiger partial charge in [0.2, 0.25) is 6.10 Å². The Balaban J connectivity index is 1.64. The van der Waals surface area contributed by atoms with Gasteiger partial charge in [-0.3, -0.25) is 9.59 Å². The number of anilines is 2. The molecule has 7 nitrogen and oxygen atoms in total. The summed E-state index contributed by atoms with van der Waals surface area (Å²) >= 11 is 0. The molecule has 2 aromatic carbocycles. The van der Waals surface area contributed by atoms with E-state index in [9.17, 15) is 9.59 Å².